The number of rotatable bonds is 6. The van der Waals surface area contributed by atoms with Gasteiger partial charge in [-0.25, -0.2) is 4.68 Å². The predicted octanol–water partition coefficient (Wildman–Crippen LogP) is 4.13. The van der Waals surface area contributed by atoms with E-state index in [1.165, 1.54) is 30.4 Å². The average Bonchev–Trinajstić information content (AvgIpc) is 3.32. The van der Waals surface area contributed by atoms with Crippen molar-refractivity contribution in [3.63, 3.8) is 0 Å². The third kappa shape index (κ3) is 4.85. The van der Waals surface area contributed by atoms with Gasteiger partial charge >= 0.3 is 0 Å². The third-order valence-corrected chi connectivity index (χ3v) is 7.05. The number of pyridine rings is 1. The largest absolute Gasteiger partial charge is 0.297 e. The van der Waals surface area contributed by atoms with Crippen LogP contribution in [-0.4, -0.2) is 61.2 Å². The van der Waals surface area contributed by atoms with E-state index in [1.54, 1.807) is 0 Å². The van der Waals surface area contributed by atoms with Crippen molar-refractivity contribution in [2.75, 3.05) is 26.2 Å². The molecule has 2 fully saturated rings. The van der Waals surface area contributed by atoms with Gasteiger partial charge in [0, 0.05) is 50.1 Å². The van der Waals surface area contributed by atoms with E-state index in [0.717, 1.165) is 56.4 Å². The van der Waals surface area contributed by atoms with Crippen LogP contribution in [0.5, 0.6) is 0 Å². The van der Waals surface area contributed by atoms with E-state index in [1.807, 2.05) is 24.5 Å². The number of nitrogens with zero attached hydrogens (tertiary/aromatic N) is 7. The Morgan fingerprint density at radius 1 is 0.906 bits per heavy atom. The van der Waals surface area contributed by atoms with Crippen molar-refractivity contribution in [1.82, 2.24) is 35.0 Å². The Morgan fingerprint density at radius 2 is 1.62 bits per heavy atom. The Morgan fingerprint density at radius 3 is 2.34 bits per heavy atom. The molecule has 1 saturated heterocycles. The first-order valence-electron chi connectivity index (χ1n) is 11.7. The highest BCUT2D eigenvalue weighted by atomic mass is 35.5. The van der Waals surface area contributed by atoms with Gasteiger partial charge in [-0.1, -0.05) is 43.0 Å². The first-order valence-corrected chi connectivity index (χ1v) is 12.0. The zero-order chi connectivity index (χ0) is 21.8. The second kappa shape index (κ2) is 10.1. The number of halogens is 1. The quantitative estimate of drug-likeness (QED) is 0.561. The molecule has 0 bridgehead atoms. The van der Waals surface area contributed by atoms with E-state index >= 15 is 0 Å². The topological polar surface area (TPSA) is 63.0 Å². The van der Waals surface area contributed by atoms with Gasteiger partial charge in [0.15, 0.2) is 5.82 Å². The number of piperazine rings is 1. The molecule has 5 rings (SSSR count). The minimum absolute atomic E-state index is 0.0345. The van der Waals surface area contributed by atoms with Gasteiger partial charge in [-0.05, 0) is 58.7 Å². The van der Waals surface area contributed by atoms with Crippen molar-refractivity contribution in [1.29, 1.82) is 0 Å². The average molecular weight is 452 g/mol. The molecule has 0 spiro atoms. The highest BCUT2D eigenvalue weighted by molar-refractivity contribution is 6.30. The number of tetrazole rings is 1. The first kappa shape index (κ1) is 21.5. The van der Waals surface area contributed by atoms with Gasteiger partial charge in [0.05, 0.1) is 12.1 Å². The normalized spacial score (nSPS) is 19.8. The molecule has 1 aliphatic carbocycles. The lowest BCUT2D eigenvalue weighted by Gasteiger charge is -2.39. The molecule has 168 valence electrons. The standard InChI is InChI=1S/C24H30ClN7/c25-21-8-6-20(7-9-21)23(24-27-28-29-32(24)22-4-2-1-3-5-22)31-16-14-30(15-17-31)18-19-10-12-26-13-11-19/h6-13,22-23H,1-5,14-18H2/t23-/m1/s1. The maximum absolute atomic E-state index is 6.21. The van der Waals surface area contributed by atoms with Crippen LogP contribution in [-0.2, 0) is 6.54 Å². The molecular weight excluding hydrogens is 422 g/mol. The fourth-order valence-electron chi connectivity index (χ4n) is 5.06. The molecule has 1 aliphatic heterocycles. The van der Waals surface area contributed by atoms with Crippen molar-refractivity contribution < 1.29 is 0 Å². The van der Waals surface area contributed by atoms with Gasteiger partial charge in [0.25, 0.3) is 0 Å². The second-order valence-corrected chi connectivity index (χ2v) is 9.33. The summed E-state index contributed by atoms with van der Waals surface area (Å²) in [4.78, 5) is 9.17. The van der Waals surface area contributed by atoms with Gasteiger partial charge < -0.3 is 0 Å². The van der Waals surface area contributed by atoms with E-state index in [4.69, 9.17) is 11.6 Å². The monoisotopic (exact) mass is 451 g/mol. The fraction of sp³-hybridized carbons (Fsp3) is 0.500. The Labute approximate surface area is 194 Å². The summed E-state index contributed by atoms with van der Waals surface area (Å²) < 4.78 is 2.11. The van der Waals surface area contributed by atoms with Crippen LogP contribution in [0.1, 0.15) is 61.1 Å². The molecular formula is C24H30ClN7. The predicted molar refractivity (Wildman–Crippen MR) is 124 cm³/mol. The van der Waals surface area contributed by atoms with Crippen molar-refractivity contribution in [2.45, 2.75) is 50.7 Å². The minimum Gasteiger partial charge on any atom is -0.297 e. The van der Waals surface area contributed by atoms with Crippen LogP contribution in [0.4, 0.5) is 0 Å². The third-order valence-electron chi connectivity index (χ3n) is 6.80. The highest BCUT2D eigenvalue weighted by Crippen LogP contribution is 2.34. The molecule has 0 unspecified atom stereocenters. The lowest BCUT2D eigenvalue weighted by atomic mass is 9.95. The lowest BCUT2D eigenvalue weighted by Crippen LogP contribution is -2.48. The van der Waals surface area contributed by atoms with E-state index in [9.17, 15) is 0 Å². The second-order valence-electron chi connectivity index (χ2n) is 8.90. The maximum atomic E-state index is 6.21. The molecule has 3 heterocycles. The highest BCUT2D eigenvalue weighted by Gasteiger charge is 2.32. The molecule has 2 aromatic heterocycles. The molecule has 3 aromatic rings. The molecule has 2 aliphatic rings. The molecule has 0 radical (unpaired) electrons. The Kier molecular flexibility index (Phi) is 6.76. The lowest BCUT2D eigenvalue weighted by molar-refractivity contribution is 0.0986. The zero-order valence-electron chi connectivity index (χ0n) is 18.4. The van der Waals surface area contributed by atoms with Gasteiger partial charge in [-0.3, -0.25) is 14.8 Å². The van der Waals surface area contributed by atoms with Crippen molar-refractivity contribution in [2.24, 2.45) is 0 Å². The molecule has 1 saturated carbocycles. The van der Waals surface area contributed by atoms with Crippen LogP contribution >= 0.6 is 11.6 Å². The zero-order valence-corrected chi connectivity index (χ0v) is 19.1. The van der Waals surface area contributed by atoms with Gasteiger partial charge in [-0.2, -0.15) is 0 Å². The van der Waals surface area contributed by atoms with Crippen LogP contribution in [0.3, 0.4) is 0 Å². The Hall–Kier alpha value is -2.35. The van der Waals surface area contributed by atoms with Gasteiger partial charge in [0.1, 0.15) is 0 Å². The molecule has 0 amide bonds. The fourth-order valence-corrected chi connectivity index (χ4v) is 5.19. The van der Waals surface area contributed by atoms with Crippen LogP contribution in [0.2, 0.25) is 5.02 Å². The summed E-state index contributed by atoms with van der Waals surface area (Å²) in [6, 6.07) is 12.8. The van der Waals surface area contributed by atoms with E-state index < -0.39 is 0 Å². The number of hydrogen-bond acceptors (Lipinski definition) is 6. The molecule has 1 aromatic carbocycles. The minimum atomic E-state index is 0.0345. The van der Waals surface area contributed by atoms with E-state index in [0.29, 0.717) is 6.04 Å². The summed E-state index contributed by atoms with van der Waals surface area (Å²) in [6.07, 6.45) is 9.87. The summed E-state index contributed by atoms with van der Waals surface area (Å²) in [5, 5.41) is 13.9. The van der Waals surface area contributed by atoms with E-state index in [2.05, 4.69) is 59.3 Å². The van der Waals surface area contributed by atoms with Crippen LogP contribution < -0.4 is 0 Å². The van der Waals surface area contributed by atoms with Gasteiger partial charge in [0.2, 0.25) is 0 Å². The smallest absolute Gasteiger partial charge is 0.173 e. The Balaban J connectivity index is 1.37. The Bertz CT molecular complexity index is 977. The number of hydrogen-bond donors (Lipinski definition) is 0. The van der Waals surface area contributed by atoms with E-state index in [-0.39, 0.29) is 6.04 Å². The van der Waals surface area contributed by atoms with Crippen LogP contribution in [0.25, 0.3) is 0 Å². The van der Waals surface area contributed by atoms with Crippen molar-refractivity contribution in [3.8, 4) is 0 Å². The summed E-state index contributed by atoms with van der Waals surface area (Å²) in [7, 11) is 0. The van der Waals surface area contributed by atoms with Gasteiger partial charge in [-0.15, -0.1) is 5.10 Å². The summed E-state index contributed by atoms with van der Waals surface area (Å²) in [5.41, 5.74) is 2.51. The summed E-state index contributed by atoms with van der Waals surface area (Å²) >= 11 is 6.21. The van der Waals surface area contributed by atoms with Crippen LogP contribution in [0, 0.1) is 0 Å². The molecule has 8 heteroatoms. The summed E-state index contributed by atoms with van der Waals surface area (Å²) in [6.45, 7) is 4.92. The SMILES string of the molecule is Clc1ccc([C@H](c2nnnn2C2CCCCC2)N2CCN(Cc3ccncc3)CC2)cc1. The molecule has 32 heavy (non-hydrogen) atoms. The van der Waals surface area contributed by atoms with Crippen LogP contribution in [0.15, 0.2) is 48.8 Å². The number of aromatic nitrogens is 5. The molecule has 7 nitrogen and oxygen atoms in total. The summed E-state index contributed by atoms with van der Waals surface area (Å²) in [5.74, 6) is 0.960. The maximum Gasteiger partial charge on any atom is 0.173 e. The molecule has 0 N–H and O–H groups in total. The number of benzene rings is 1. The molecule has 1 atom stereocenters. The first-order chi connectivity index (χ1) is 15.8. The van der Waals surface area contributed by atoms with Crippen molar-refractivity contribution in [3.05, 3.63) is 70.8 Å². The van der Waals surface area contributed by atoms with Crippen molar-refractivity contribution >= 4 is 11.6 Å².